The topological polar surface area (TPSA) is 69.6 Å². The van der Waals surface area contributed by atoms with Gasteiger partial charge < -0.3 is 15.3 Å². The van der Waals surface area contributed by atoms with E-state index in [0.717, 1.165) is 13.0 Å². The summed E-state index contributed by atoms with van der Waals surface area (Å²) in [6.07, 6.45) is 7.00. The van der Waals surface area contributed by atoms with Crippen LogP contribution in [0, 0.1) is 11.3 Å². The standard InChI is InChI=1S/C15H26N2O3/c1-2-7-15(13(18)19)8-9-17(11-15)14(20)16-10-12-5-3-4-6-12/h12H,2-11H2,1H3,(H,16,20)(H,18,19). The molecule has 1 heterocycles. The predicted molar refractivity (Wildman–Crippen MR) is 76.5 cm³/mol. The smallest absolute Gasteiger partial charge is 0.317 e. The van der Waals surface area contributed by atoms with Crippen molar-refractivity contribution in [2.45, 2.75) is 51.9 Å². The number of hydrogen-bond donors (Lipinski definition) is 2. The van der Waals surface area contributed by atoms with Crippen LogP contribution in [0.25, 0.3) is 0 Å². The summed E-state index contributed by atoms with van der Waals surface area (Å²) in [7, 11) is 0. The molecule has 114 valence electrons. The molecule has 1 atom stereocenters. The summed E-state index contributed by atoms with van der Waals surface area (Å²) in [4.78, 5) is 25.3. The Balaban J connectivity index is 1.84. The van der Waals surface area contributed by atoms with Gasteiger partial charge in [-0.2, -0.15) is 0 Å². The van der Waals surface area contributed by atoms with E-state index in [2.05, 4.69) is 5.32 Å². The first-order valence-corrected chi connectivity index (χ1v) is 7.83. The fourth-order valence-electron chi connectivity index (χ4n) is 3.57. The van der Waals surface area contributed by atoms with Crippen LogP contribution in [0.4, 0.5) is 4.79 Å². The zero-order chi connectivity index (χ0) is 14.6. The van der Waals surface area contributed by atoms with Crippen LogP contribution < -0.4 is 5.32 Å². The van der Waals surface area contributed by atoms with E-state index in [0.29, 0.717) is 31.8 Å². The van der Waals surface area contributed by atoms with Crippen LogP contribution in [-0.4, -0.2) is 41.6 Å². The maximum absolute atomic E-state index is 12.1. The largest absolute Gasteiger partial charge is 0.481 e. The second-order valence-electron chi connectivity index (χ2n) is 6.34. The Morgan fingerprint density at radius 3 is 2.65 bits per heavy atom. The maximum Gasteiger partial charge on any atom is 0.317 e. The highest BCUT2D eigenvalue weighted by molar-refractivity contribution is 5.79. The summed E-state index contributed by atoms with van der Waals surface area (Å²) in [6.45, 7) is 3.65. The van der Waals surface area contributed by atoms with E-state index in [4.69, 9.17) is 0 Å². The lowest BCUT2D eigenvalue weighted by atomic mass is 9.83. The summed E-state index contributed by atoms with van der Waals surface area (Å²) >= 11 is 0. The maximum atomic E-state index is 12.1. The van der Waals surface area contributed by atoms with Crippen molar-refractivity contribution in [1.29, 1.82) is 0 Å². The molecular weight excluding hydrogens is 256 g/mol. The number of carboxylic acid groups (broad SMARTS) is 1. The van der Waals surface area contributed by atoms with E-state index in [1.165, 1.54) is 25.7 Å². The molecule has 2 aliphatic rings. The molecule has 2 amide bonds. The van der Waals surface area contributed by atoms with Crippen LogP contribution in [0.2, 0.25) is 0 Å². The zero-order valence-electron chi connectivity index (χ0n) is 12.4. The lowest BCUT2D eigenvalue weighted by Gasteiger charge is -2.24. The van der Waals surface area contributed by atoms with E-state index in [-0.39, 0.29) is 6.03 Å². The van der Waals surface area contributed by atoms with Gasteiger partial charge in [-0.1, -0.05) is 26.2 Å². The Kier molecular flexibility index (Phi) is 4.89. The van der Waals surface area contributed by atoms with Crippen molar-refractivity contribution in [3.63, 3.8) is 0 Å². The number of urea groups is 1. The molecule has 0 spiro atoms. The molecule has 1 unspecified atom stereocenters. The van der Waals surface area contributed by atoms with Crippen molar-refractivity contribution in [3.8, 4) is 0 Å². The van der Waals surface area contributed by atoms with Gasteiger partial charge in [0, 0.05) is 19.6 Å². The Labute approximate surface area is 120 Å². The minimum Gasteiger partial charge on any atom is -0.481 e. The van der Waals surface area contributed by atoms with Crippen LogP contribution in [0.5, 0.6) is 0 Å². The molecule has 2 N–H and O–H groups in total. The number of carbonyl (C=O) groups excluding carboxylic acids is 1. The fourth-order valence-corrected chi connectivity index (χ4v) is 3.57. The highest BCUT2D eigenvalue weighted by Gasteiger charge is 2.45. The minimum atomic E-state index is -0.759. The third-order valence-corrected chi connectivity index (χ3v) is 4.84. The lowest BCUT2D eigenvalue weighted by Crippen LogP contribution is -2.43. The van der Waals surface area contributed by atoms with E-state index in [9.17, 15) is 14.7 Å². The lowest BCUT2D eigenvalue weighted by molar-refractivity contribution is -0.148. The average Bonchev–Trinajstić information content (AvgIpc) is 3.06. The van der Waals surface area contributed by atoms with Crippen molar-refractivity contribution in [3.05, 3.63) is 0 Å². The summed E-state index contributed by atoms with van der Waals surface area (Å²) < 4.78 is 0. The molecule has 2 fully saturated rings. The van der Waals surface area contributed by atoms with Gasteiger partial charge in [0.1, 0.15) is 0 Å². The first-order chi connectivity index (χ1) is 9.57. The number of carbonyl (C=O) groups is 2. The normalized spacial score (nSPS) is 26.9. The molecule has 5 nitrogen and oxygen atoms in total. The first-order valence-electron chi connectivity index (χ1n) is 7.83. The molecule has 1 saturated carbocycles. The minimum absolute atomic E-state index is 0.0869. The van der Waals surface area contributed by atoms with Crippen molar-refractivity contribution < 1.29 is 14.7 Å². The van der Waals surface area contributed by atoms with Gasteiger partial charge in [0.25, 0.3) is 0 Å². The molecule has 0 bridgehead atoms. The molecule has 20 heavy (non-hydrogen) atoms. The van der Waals surface area contributed by atoms with Gasteiger partial charge in [0.15, 0.2) is 0 Å². The number of likely N-dealkylation sites (tertiary alicyclic amines) is 1. The number of carboxylic acids is 1. The molecule has 0 radical (unpaired) electrons. The third-order valence-electron chi connectivity index (χ3n) is 4.84. The van der Waals surface area contributed by atoms with Crippen LogP contribution >= 0.6 is 0 Å². The molecule has 1 saturated heterocycles. The van der Waals surface area contributed by atoms with E-state index >= 15 is 0 Å². The summed E-state index contributed by atoms with van der Waals surface area (Å²) in [6, 6.07) is -0.0869. The summed E-state index contributed by atoms with van der Waals surface area (Å²) in [5.74, 6) is -0.146. The number of amides is 2. The van der Waals surface area contributed by atoms with Gasteiger partial charge >= 0.3 is 12.0 Å². The second kappa shape index (κ2) is 6.46. The van der Waals surface area contributed by atoms with Gasteiger partial charge in [-0.25, -0.2) is 4.79 Å². The van der Waals surface area contributed by atoms with E-state index in [1.807, 2.05) is 6.92 Å². The molecule has 0 aromatic rings. The highest BCUT2D eigenvalue weighted by Crippen LogP contribution is 2.35. The Bertz CT molecular complexity index is 366. The number of nitrogens with zero attached hydrogens (tertiary/aromatic N) is 1. The fraction of sp³-hybridized carbons (Fsp3) is 0.867. The van der Waals surface area contributed by atoms with Crippen molar-refractivity contribution in [2.75, 3.05) is 19.6 Å². The predicted octanol–water partition coefficient (Wildman–Crippen LogP) is 2.46. The quantitative estimate of drug-likeness (QED) is 0.814. The Hall–Kier alpha value is -1.26. The van der Waals surface area contributed by atoms with Crippen LogP contribution in [0.1, 0.15) is 51.9 Å². The number of rotatable bonds is 5. The van der Waals surface area contributed by atoms with E-state index < -0.39 is 11.4 Å². The summed E-state index contributed by atoms with van der Waals surface area (Å²) in [5.41, 5.74) is -0.723. The zero-order valence-corrected chi connectivity index (χ0v) is 12.4. The molecule has 1 aliphatic heterocycles. The highest BCUT2D eigenvalue weighted by atomic mass is 16.4. The summed E-state index contributed by atoms with van der Waals surface area (Å²) in [5, 5.41) is 12.4. The number of nitrogens with one attached hydrogen (secondary N) is 1. The van der Waals surface area contributed by atoms with Crippen LogP contribution in [0.3, 0.4) is 0 Å². The second-order valence-corrected chi connectivity index (χ2v) is 6.34. The monoisotopic (exact) mass is 282 g/mol. The van der Waals surface area contributed by atoms with Gasteiger partial charge in [0.05, 0.1) is 5.41 Å². The van der Waals surface area contributed by atoms with Crippen molar-refractivity contribution >= 4 is 12.0 Å². The number of aliphatic carboxylic acids is 1. The SMILES string of the molecule is CCCC1(C(=O)O)CCN(C(=O)NCC2CCCC2)C1. The molecule has 2 rings (SSSR count). The third kappa shape index (κ3) is 3.25. The molecule has 0 aromatic heterocycles. The van der Waals surface area contributed by atoms with Crippen molar-refractivity contribution in [1.82, 2.24) is 10.2 Å². The number of hydrogen-bond acceptors (Lipinski definition) is 2. The van der Waals surface area contributed by atoms with Crippen molar-refractivity contribution in [2.24, 2.45) is 11.3 Å². The van der Waals surface area contributed by atoms with Crippen LogP contribution in [0.15, 0.2) is 0 Å². The Morgan fingerprint density at radius 1 is 1.35 bits per heavy atom. The van der Waals surface area contributed by atoms with E-state index in [1.54, 1.807) is 4.90 Å². The molecule has 5 heteroatoms. The molecular formula is C15H26N2O3. The van der Waals surface area contributed by atoms with Gasteiger partial charge in [-0.05, 0) is 31.6 Å². The van der Waals surface area contributed by atoms with Crippen LogP contribution in [-0.2, 0) is 4.79 Å². The van der Waals surface area contributed by atoms with Gasteiger partial charge in [-0.3, -0.25) is 4.79 Å². The Morgan fingerprint density at radius 2 is 2.05 bits per heavy atom. The molecule has 1 aliphatic carbocycles. The average molecular weight is 282 g/mol. The molecule has 0 aromatic carbocycles. The first kappa shape index (κ1) is 15.1. The van der Waals surface area contributed by atoms with Gasteiger partial charge in [-0.15, -0.1) is 0 Å². The van der Waals surface area contributed by atoms with Gasteiger partial charge in [0.2, 0.25) is 0 Å².